The molecule has 0 saturated heterocycles. The first kappa shape index (κ1) is 4.73. The van der Waals surface area contributed by atoms with Gasteiger partial charge in [0.2, 0.25) is 0 Å². The number of aromatic amines is 1. The zero-order valence-corrected chi connectivity index (χ0v) is 4.83. The molecule has 2 rings (SSSR count). The van der Waals surface area contributed by atoms with E-state index in [1.54, 1.807) is 6.20 Å². The Bertz CT molecular complexity index is 285. The van der Waals surface area contributed by atoms with Crippen LogP contribution in [-0.2, 0) is 0 Å². The molecule has 2 nitrogen and oxygen atoms in total. The number of H-pyrrole nitrogens is 1. The molecule has 2 heterocycles. The molecule has 0 saturated carbocycles. The molecular formula is C6H5BN2. The Balaban J connectivity index is 2.95. The van der Waals surface area contributed by atoms with E-state index in [4.69, 9.17) is 0 Å². The molecule has 42 valence electrons. The van der Waals surface area contributed by atoms with Gasteiger partial charge in [-0.3, -0.25) is 0 Å². The minimum absolute atomic E-state index is 0.956. The first-order valence-electron chi connectivity index (χ1n) is 2.85. The molecule has 0 amide bonds. The topological polar surface area (TPSA) is 28.7 Å². The summed E-state index contributed by atoms with van der Waals surface area (Å²) >= 11 is 0. The molecule has 0 aliphatic heterocycles. The summed E-state index contributed by atoms with van der Waals surface area (Å²) in [4.78, 5) is 7.09. The van der Waals surface area contributed by atoms with Crippen LogP contribution >= 0.6 is 0 Å². The van der Waals surface area contributed by atoms with Crippen molar-refractivity contribution < 1.29 is 0 Å². The van der Waals surface area contributed by atoms with Crippen LogP contribution in [-0.4, -0.2) is 16.9 Å². The van der Waals surface area contributed by atoms with Crippen LogP contribution in [0.5, 0.6) is 0 Å². The molecule has 0 aliphatic carbocycles. The third-order valence-electron chi connectivity index (χ3n) is 1.32. The van der Waals surface area contributed by atoms with E-state index < -0.39 is 0 Å². The Kier molecular flexibility index (Phi) is 0.888. The van der Waals surface area contributed by atoms with Crippen molar-refractivity contribution in [3.8, 4) is 0 Å². The molecule has 0 aromatic carbocycles. The minimum atomic E-state index is 0.956. The van der Waals surface area contributed by atoms with Gasteiger partial charge in [-0.05, 0) is 0 Å². The van der Waals surface area contributed by atoms with Gasteiger partial charge < -0.3 is 0 Å². The van der Waals surface area contributed by atoms with Crippen molar-refractivity contribution in [2.45, 2.75) is 0 Å². The van der Waals surface area contributed by atoms with E-state index in [1.165, 1.54) is 0 Å². The van der Waals surface area contributed by atoms with Crippen molar-refractivity contribution in [1.82, 2.24) is 9.97 Å². The van der Waals surface area contributed by atoms with Gasteiger partial charge in [-0.15, -0.1) is 0 Å². The Morgan fingerprint density at radius 1 is 1.56 bits per heavy atom. The van der Waals surface area contributed by atoms with Crippen LogP contribution in [0.4, 0.5) is 0 Å². The molecule has 0 atom stereocenters. The fourth-order valence-corrected chi connectivity index (χ4v) is 0.883. The average molecular weight is 116 g/mol. The zero-order valence-electron chi connectivity index (χ0n) is 4.83. The number of nitrogens with zero attached hydrogens (tertiary/aromatic N) is 1. The normalized spacial score (nSPS) is 9.78. The number of pyridine rings is 1. The zero-order chi connectivity index (χ0) is 6.10. The molecule has 0 bridgehead atoms. The second kappa shape index (κ2) is 1.69. The van der Waals surface area contributed by atoms with Gasteiger partial charge in [-0.25, -0.2) is 0 Å². The summed E-state index contributed by atoms with van der Waals surface area (Å²) in [6.45, 7) is 2.00. The van der Waals surface area contributed by atoms with E-state index >= 15 is 0 Å². The molecular weight excluding hydrogens is 111 g/mol. The Labute approximate surface area is 53.1 Å². The SMILES string of the molecule is b1c[nH]c2ncccc12. The number of rotatable bonds is 0. The summed E-state index contributed by atoms with van der Waals surface area (Å²) < 4.78 is 0. The summed E-state index contributed by atoms with van der Waals surface area (Å²) in [5.74, 6) is 0. The van der Waals surface area contributed by atoms with Gasteiger partial charge in [0.05, 0.1) is 0 Å². The molecule has 0 radical (unpaired) electrons. The Hall–Kier alpha value is -1.12. The number of fused-ring (bicyclic) bond motifs is 1. The van der Waals surface area contributed by atoms with E-state index in [1.807, 2.05) is 25.1 Å². The predicted molar refractivity (Wildman–Crippen MR) is 37.4 cm³/mol. The van der Waals surface area contributed by atoms with E-state index in [0.717, 1.165) is 10.9 Å². The van der Waals surface area contributed by atoms with Gasteiger partial charge in [0.15, 0.2) is 0 Å². The van der Waals surface area contributed by atoms with E-state index in [-0.39, 0.29) is 0 Å². The summed E-state index contributed by atoms with van der Waals surface area (Å²) in [5.41, 5.74) is 0.956. The van der Waals surface area contributed by atoms with Crippen molar-refractivity contribution in [1.29, 1.82) is 0 Å². The van der Waals surface area contributed by atoms with Gasteiger partial charge in [0, 0.05) is 0 Å². The molecule has 2 aromatic rings. The number of aromatic nitrogens is 2. The van der Waals surface area contributed by atoms with Gasteiger partial charge in [-0.2, -0.15) is 0 Å². The van der Waals surface area contributed by atoms with E-state index in [9.17, 15) is 0 Å². The van der Waals surface area contributed by atoms with Gasteiger partial charge in [0.25, 0.3) is 0 Å². The standard InChI is InChI=1S/C6H5BN2/c1-2-5-6(8-3-1)9-4-7-5/h1-4H,(H,8,9). The summed E-state index contributed by atoms with van der Waals surface area (Å²) in [5, 5.41) is 1.16. The van der Waals surface area contributed by atoms with Crippen molar-refractivity contribution >= 4 is 17.8 Å². The van der Waals surface area contributed by atoms with Crippen molar-refractivity contribution in [3.63, 3.8) is 0 Å². The van der Waals surface area contributed by atoms with Crippen LogP contribution < -0.4 is 0 Å². The molecule has 0 spiro atoms. The third kappa shape index (κ3) is 0.651. The molecule has 9 heavy (non-hydrogen) atoms. The molecule has 0 unspecified atom stereocenters. The summed E-state index contributed by atoms with van der Waals surface area (Å²) in [6.07, 6.45) is 3.66. The van der Waals surface area contributed by atoms with Crippen LogP contribution in [0, 0.1) is 0 Å². The van der Waals surface area contributed by atoms with Crippen molar-refractivity contribution in [2.24, 2.45) is 0 Å². The molecule has 2 aromatic heterocycles. The fourth-order valence-electron chi connectivity index (χ4n) is 0.883. The predicted octanol–water partition coefficient (Wildman–Crippen LogP) is 0.901. The van der Waals surface area contributed by atoms with Gasteiger partial charge in [-0.1, -0.05) is 0 Å². The van der Waals surface area contributed by atoms with Crippen LogP contribution in [0.15, 0.2) is 24.4 Å². The Morgan fingerprint density at radius 2 is 2.56 bits per heavy atom. The fraction of sp³-hybridized carbons (Fsp3) is 0. The number of hydrogen-bond acceptors (Lipinski definition) is 1. The van der Waals surface area contributed by atoms with Crippen LogP contribution in [0.1, 0.15) is 0 Å². The average Bonchev–Trinajstić information content (AvgIpc) is 2.33. The van der Waals surface area contributed by atoms with E-state index in [2.05, 4.69) is 9.97 Å². The third-order valence-corrected chi connectivity index (χ3v) is 1.32. The van der Waals surface area contributed by atoms with Crippen molar-refractivity contribution in [2.75, 3.05) is 0 Å². The summed E-state index contributed by atoms with van der Waals surface area (Å²) in [6, 6.07) is 3.95. The van der Waals surface area contributed by atoms with Crippen LogP contribution in [0.2, 0.25) is 0 Å². The van der Waals surface area contributed by atoms with Crippen LogP contribution in [0.25, 0.3) is 10.9 Å². The van der Waals surface area contributed by atoms with Crippen LogP contribution in [0.3, 0.4) is 0 Å². The van der Waals surface area contributed by atoms with E-state index in [0.29, 0.717) is 0 Å². The maximum atomic E-state index is 4.09. The second-order valence-corrected chi connectivity index (χ2v) is 1.92. The molecule has 0 fully saturated rings. The quantitative estimate of drug-likeness (QED) is 0.544. The molecule has 1 N–H and O–H groups in total. The maximum absolute atomic E-state index is 4.09. The van der Waals surface area contributed by atoms with Gasteiger partial charge >= 0.3 is 52.2 Å². The van der Waals surface area contributed by atoms with Gasteiger partial charge in [0.1, 0.15) is 0 Å². The molecule has 3 heteroatoms. The molecule has 0 aliphatic rings. The number of nitrogens with one attached hydrogen (secondary N) is 1. The first-order valence-corrected chi connectivity index (χ1v) is 2.85. The second-order valence-electron chi connectivity index (χ2n) is 1.92. The monoisotopic (exact) mass is 116 g/mol. The summed E-state index contributed by atoms with van der Waals surface area (Å²) in [7, 11) is 0. The van der Waals surface area contributed by atoms with Crippen molar-refractivity contribution in [3.05, 3.63) is 24.4 Å². The Morgan fingerprint density at radius 3 is 3.44 bits per heavy atom. The number of hydrogen-bond donors (Lipinski definition) is 1. The first-order chi connectivity index (χ1) is 4.47.